The molecule has 36 heavy (non-hydrogen) atoms. The van der Waals surface area contributed by atoms with Crippen molar-refractivity contribution in [2.45, 2.75) is 0 Å². The molecular weight excluding hydrogens is 470 g/mol. The molecule has 1 fully saturated rings. The lowest BCUT2D eigenvalue weighted by molar-refractivity contribution is -0.126. The third-order valence-electron chi connectivity index (χ3n) is 6.39. The van der Waals surface area contributed by atoms with Crippen LogP contribution in [0.1, 0.15) is 15.9 Å². The van der Waals surface area contributed by atoms with Crippen molar-refractivity contribution in [3.05, 3.63) is 113 Å². The van der Waals surface area contributed by atoms with E-state index >= 15 is 0 Å². The second-order valence-electron chi connectivity index (χ2n) is 8.70. The highest BCUT2D eigenvalue weighted by Gasteiger charge is 2.21. The van der Waals surface area contributed by atoms with Crippen LogP contribution in [-0.4, -0.2) is 42.9 Å². The van der Waals surface area contributed by atoms with Gasteiger partial charge in [0, 0.05) is 43.5 Å². The zero-order valence-electron chi connectivity index (χ0n) is 19.7. The van der Waals surface area contributed by atoms with Crippen molar-refractivity contribution in [2.24, 2.45) is 0 Å². The van der Waals surface area contributed by atoms with Crippen molar-refractivity contribution in [3.63, 3.8) is 0 Å². The highest BCUT2D eigenvalue weighted by Crippen LogP contribution is 2.30. The molecule has 0 radical (unpaired) electrons. The number of nitrogens with zero attached hydrogens (tertiary/aromatic N) is 2. The Balaban J connectivity index is 1.21. The predicted octanol–water partition coefficient (Wildman–Crippen LogP) is 6.11. The molecule has 0 aliphatic carbocycles. The molecule has 1 heterocycles. The van der Waals surface area contributed by atoms with Gasteiger partial charge in [-0.3, -0.25) is 9.59 Å². The quantitative estimate of drug-likeness (QED) is 0.340. The summed E-state index contributed by atoms with van der Waals surface area (Å²) in [5.41, 5.74) is 3.16. The molecule has 6 heteroatoms. The Hall–Kier alpha value is -4.09. The number of anilines is 2. The highest BCUT2D eigenvalue weighted by molar-refractivity contribution is 6.33. The van der Waals surface area contributed by atoms with Gasteiger partial charge in [-0.15, -0.1) is 0 Å². The Bertz CT molecular complexity index is 1420. The van der Waals surface area contributed by atoms with E-state index in [9.17, 15) is 9.59 Å². The number of carbonyl (C=O) groups is 2. The van der Waals surface area contributed by atoms with Crippen molar-refractivity contribution >= 4 is 51.6 Å². The van der Waals surface area contributed by atoms with Gasteiger partial charge in [-0.25, -0.2) is 0 Å². The van der Waals surface area contributed by atoms with E-state index in [4.69, 9.17) is 11.6 Å². The fourth-order valence-electron chi connectivity index (χ4n) is 4.47. The largest absolute Gasteiger partial charge is 0.367 e. The van der Waals surface area contributed by atoms with Crippen LogP contribution in [0.25, 0.3) is 16.8 Å². The maximum atomic E-state index is 13.0. The number of fused-ring (bicyclic) bond motifs is 1. The standard InChI is InChI=1S/C30H26ClN3O2/c31-27-21-24(32-30(36)26-12-6-10-23-9-4-5-11-25(23)26)14-15-28(27)33-17-19-34(20-18-33)29(35)16-13-22-7-2-1-3-8-22/h1-16,21H,17-20H2,(H,32,36)/b16-13+. The first-order valence-electron chi connectivity index (χ1n) is 11.9. The number of rotatable bonds is 5. The van der Waals surface area contributed by atoms with Crippen molar-refractivity contribution in [1.29, 1.82) is 0 Å². The lowest BCUT2D eigenvalue weighted by Gasteiger charge is -2.36. The number of nitrogens with one attached hydrogen (secondary N) is 1. The van der Waals surface area contributed by atoms with Crippen LogP contribution in [0.5, 0.6) is 0 Å². The number of piperazine rings is 1. The number of amides is 2. The van der Waals surface area contributed by atoms with Gasteiger partial charge in [-0.05, 0) is 46.7 Å². The van der Waals surface area contributed by atoms with Gasteiger partial charge in [0.15, 0.2) is 0 Å². The lowest BCUT2D eigenvalue weighted by Crippen LogP contribution is -2.48. The molecule has 4 aromatic carbocycles. The average Bonchev–Trinajstić information content (AvgIpc) is 2.92. The van der Waals surface area contributed by atoms with Gasteiger partial charge in [-0.2, -0.15) is 0 Å². The van der Waals surface area contributed by atoms with Crippen LogP contribution < -0.4 is 10.2 Å². The second-order valence-corrected chi connectivity index (χ2v) is 9.11. The number of benzene rings is 4. The van der Waals surface area contributed by atoms with E-state index in [0.29, 0.717) is 42.5 Å². The van der Waals surface area contributed by atoms with Gasteiger partial charge in [0.1, 0.15) is 0 Å². The second kappa shape index (κ2) is 10.7. The summed E-state index contributed by atoms with van der Waals surface area (Å²) in [6.45, 7) is 2.61. The molecule has 0 spiro atoms. The predicted molar refractivity (Wildman–Crippen MR) is 148 cm³/mol. The minimum absolute atomic E-state index is 0.0103. The summed E-state index contributed by atoms with van der Waals surface area (Å²) in [7, 11) is 0. The first-order chi connectivity index (χ1) is 17.6. The normalized spacial score (nSPS) is 13.8. The molecule has 2 amide bonds. The van der Waals surface area contributed by atoms with E-state index in [1.807, 2.05) is 95.9 Å². The monoisotopic (exact) mass is 495 g/mol. The Morgan fingerprint density at radius 1 is 0.806 bits per heavy atom. The van der Waals surface area contributed by atoms with Gasteiger partial charge in [0.2, 0.25) is 5.91 Å². The van der Waals surface area contributed by atoms with Gasteiger partial charge in [0.05, 0.1) is 10.7 Å². The molecule has 1 N–H and O–H groups in total. The Morgan fingerprint density at radius 3 is 2.31 bits per heavy atom. The zero-order valence-corrected chi connectivity index (χ0v) is 20.5. The van der Waals surface area contributed by atoms with E-state index in [0.717, 1.165) is 22.0 Å². The van der Waals surface area contributed by atoms with Crippen LogP contribution in [0.3, 0.4) is 0 Å². The van der Waals surface area contributed by atoms with Crippen LogP contribution in [0.2, 0.25) is 5.02 Å². The van der Waals surface area contributed by atoms with E-state index < -0.39 is 0 Å². The van der Waals surface area contributed by atoms with Crippen LogP contribution in [0.4, 0.5) is 11.4 Å². The third kappa shape index (κ3) is 5.26. The summed E-state index contributed by atoms with van der Waals surface area (Å²) in [5, 5.41) is 5.46. The van der Waals surface area contributed by atoms with Gasteiger partial charge >= 0.3 is 0 Å². The zero-order chi connectivity index (χ0) is 24.9. The maximum absolute atomic E-state index is 13.0. The molecule has 4 aromatic rings. The first kappa shape index (κ1) is 23.6. The molecule has 0 atom stereocenters. The van der Waals surface area contributed by atoms with Crippen LogP contribution >= 0.6 is 11.6 Å². The Morgan fingerprint density at radius 2 is 1.53 bits per heavy atom. The minimum atomic E-state index is -0.175. The van der Waals surface area contributed by atoms with Gasteiger partial charge in [0.25, 0.3) is 5.91 Å². The molecule has 5 rings (SSSR count). The minimum Gasteiger partial charge on any atom is -0.367 e. The average molecular weight is 496 g/mol. The fraction of sp³-hybridized carbons (Fsp3) is 0.133. The number of hydrogen-bond donors (Lipinski definition) is 1. The molecule has 0 aromatic heterocycles. The van der Waals surface area contributed by atoms with E-state index in [1.165, 1.54) is 0 Å². The molecule has 0 saturated carbocycles. The van der Waals surface area contributed by atoms with Crippen LogP contribution in [0.15, 0.2) is 97.1 Å². The Kier molecular flexibility index (Phi) is 7.01. The molecular formula is C30H26ClN3O2. The first-order valence-corrected chi connectivity index (χ1v) is 12.3. The van der Waals surface area contributed by atoms with Gasteiger partial charge < -0.3 is 15.1 Å². The van der Waals surface area contributed by atoms with E-state index in [2.05, 4.69) is 10.2 Å². The maximum Gasteiger partial charge on any atom is 0.256 e. The topological polar surface area (TPSA) is 52.7 Å². The number of hydrogen-bond acceptors (Lipinski definition) is 3. The smallest absolute Gasteiger partial charge is 0.256 e. The molecule has 180 valence electrons. The van der Waals surface area contributed by atoms with Crippen molar-refractivity contribution in [3.8, 4) is 0 Å². The SMILES string of the molecule is O=C(Nc1ccc(N2CCN(C(=O)/C=C/c3ccccc3)CC2)c(Cl)c1)c1cccc2ccccc12. The summed E-state index contributed by atoms with van der Waals surface area (Å²) in [6.07, 6.45) is 3.47. The van der Waals surface area contributed by atoms with Crippen LogP contribution in [0, 0.1) is 0 Å². The van der Waals surface area contributed by atoms with Crippen LogP contribution in [-0.2, 0) is 4.79 Å². The summed E-state index contributed by atoms with van der Waals surface area (Å²) >= 11 is 6.62. The summed E-state index contributed by atoms with van der Waals surface area (Å²) < 4.78 is 0. The Labute approximate surface area is 215 Å². The summed E-state index contributed by atoms with van der Waals surface area (Å²) in [4.78, 5) is 29.6. The molecule has 0 unspecified atom stereocenters. The lowest BCUT2D eigenvalue weighted by atomic mass is 10.0. The van der Waals surface area contributed by atoms with Crippen molar-refractivity contribution in [2.75, 3.05) is 36.4 Å². The molecule has 1 aliphatic rings. The summed E-state index contributed by atoms with van der Waals surface area (Å²) in [5.74, 6) is -0.164. The fourth-order valence-corrected chi connectivity index (χ4v) is 4.77. The van der Waals surface area contributed by atoms with E-state index in [-0.39, 0.29) is 11.8 Å². The van der Waals surface area contributed by atoms with Crippen molar-refractivity contribution in [1.82, 2.24) is 4.90 Å². The molecule has 1 saturated heterocycles. The molecule has 1 aliphatic heterocycles. The number of carbonyl (C=O) groups excluding carboxylic acids is 2. The summed E-state index contributed by atoms with van der Waals surface area (Å²) in [6, 6.07) is 28.9. The van der Waals surface area contributed by atoms with Gasteiger partial charge in [-0.1, -0.05) is 78.3 Å². The van der Waals surface area contributed by atoms with E-state index in [1.54, 1.807) is 12.1 Å². The third-order valence-corrected chi connectivity index (χ3v) is 6.69. The molecule has 0 bridgehead atoms. The number of halogens is 1. The highest BCUT2D eigenvalue weighted by atomic mass is 35.5. The molecule has 5 nitrogen and oxygen atoms in total. The van der Waals surface area contributed by atoms with Crippen molar-refractivity contribution < 1.29 is 9.59 Å².